The van der Waals surface area contributed by atoms with Crippen molar-refractivity contribution in [3.8, 4) is 0 Å². The highest BCUT2D eigenvalue weighted by atomic mass is 16.5. The molecule has 0 unspecified atom stereocenters. The highest BCUT2D eigenvalue weighted by Gasteiger charge is 2.10. The van der Waals surface area contributed by atoms with E-state index in [9.17, 15) is 0 Å². The zero-order valence-corrected chi connectivity index (χ0v) is 10.6. The zero-order valence-electron chi connectivity index (χ0n) is 10.6. The minimum atomic E-state index is 0.808. The van der Waals surface area contributed by atoms with Gasteiger partial charge < -0.3 is 9.64 Å². The predicted molar refractivity (Wildman–Crippen MR) is 71.9 cm³/mol. The van der Waals surface area contributed by atoms with Crippen molar-refractivity contribution >= 4 is 16.6 Å². The van der Waals surface area contributed by atoms with Gasteiger partial charge in [-0.15, -0.1) is 0 Å². The van der Waals surface area contributed by atoms with Gasteiger partial charge in [-0.25, -0.2) is 9.97 Å². The first-order valence-corrected chi connectivity index (χ1v) is 6.39. The SMILES string of the molecule is Cc1ncc2cc(N3CCCOCC3)ccc2n1. The second-order valence-corrected chi connectivity index (χ2v) is 4.61. The lowest BCUT2D eigenvalue weighted by atomic mass is 10.2. The molecule has 2 aromatic rings. The molecule has 94 valence electrons. The Kier molecular flexibility index (Phi) is 3.11. The normalized spacial score (nSPS) is 16.8. The van der Waals surface area contributed by atoms with Crippen LogP contribution in [0.2, 0.25) is 0 Å². The number of hydrogen-bond acceptors (Lipinski definition) is 4. The van der Waals surface area contributed by atoms with Crippen LogP contribution in [-0.4, -0.2) is 36.3 Å². The second kappa shape index (κ2) is 4.90. The van der Waals surface area contributed by atoms with Crippen molar-refractivity contribution in [1.82, 2.24) is 9.97 Å². The third-order valence-electron chi connectivity index (χ3n) is 3.27. The minimum Gasteiger partial charge on any atom is -0.380 e. The van der Waals surface area contributed by atoms with E-state index in [2.05, 4.69) is 33.1 Å². The maximum atomic E-state index is 5.48. The average molecular weight is 243 g/mol. The maximum Gasteiger partial charge on any atom is 0.125 e. The molecule has 18 heavy (non-hydrogen) atoms. The zero-order chi connectivity index (χ0) is 12.4. The topological polar surface area (TPSA) is 38.2 Å². The van der Waals surface area contributed by atoms with Gasteiger partial charge in [0, 0.05) is 37.0 Å². The summed E-state index contributed by atoms with van der Waals surface area (Å²) in [6.07, 6.45) is 2.98. The third kappa shape index (κ3) is 2.29. The molecule has 0 atom stereocenters. The molecule has 4 heteroatoms. The lowest BCUT2D eigenvalue weighted by Crippen LogP contribution is -2.25. The fraction of sp³-hybridized carbons (Fsp3) is 0.429. The van der Waals surface area contributed by atoms with E-state index >= 15 is 0 Å². The van der Waals surface area contributed by atoms with Gasteiger partial charge in [-0.1, -0.05) is 0 Å². The maximum absolute atomic E-state index is 5.48. The Morgan fingerprint density at radius 1 is 1.22 bits per heavy atom. The van der Waals surface area contributed by atoms with Crippen LogP contribution in [0, 0.1) is 6.92 Å². The minimum absolute atomic E-state index is 0.808. The molecule has 1 fully saturated rings. The lowest BCUT2D eigenvalue weighted by Gasteiger charge is -2.22. The molecule has 0 spiro atoms. The molecule has 1 aliphatic heterocycles. The molecule has 1 aromatic carbocycles. The predicted octanol–water partition coefficient (Wildman–Crippen LogP) is 2.16. The van der Waals surface area contributed by atoms with Crippen molar-refractivity contribution < 1.29 is 4.74 Å². The Bertz CT molecular complexity index is 548. The van der Waals surface area contributed by atoms with Crippen LogP contribution in [0.1, 0.15) is 12.2 Å². The van der Waals surface area contributed by atoms with Gasteiger partial charge in [-0.2, -0.15) is 0 Å². The Morgan fingerprint density at radius 3 is 3.11 bits per heavy atom. The number of nitrogens with zero attached hydrogens (tertiary/aromatic N) is 3. The summed E-state index contributed by atoms with van der Waals surface area (Å²) in [6, 6.07) is 6.38. The molecule has 0 bridgehead atoms. The standard InChI is InChI=1S/C14H17N3O/c1-11-15-10-12-9-13(3-4-14(12)16-11)17-5-2-7-18-8-6-17/h3-4,9-10H,2,5-8H2,1H3. The molecule has 1 aliphatic rings. The fourth-order valence-corrected chi connectivity index (χ4v) is 2.31. The monoisotopic (exact) mass is 243 g/mol. The molecular weight excluding hydrogens is 226 g/mol. The number of aromatic nitrogens is 2. The Morgan fingerprint density at radius 2 is 2.17 bits per heavy atom. The van der Waals surface area contributed by atoms with Crippen LogP contribution in [-0.2, 0) is 4.74 Å². The van der Waals surface area contributed by atoms with Gasteiger partial charge in [0.15, 0.2) is 0 Å². The number of anilines is 1. The largest absolute Gasteiger partial charge is 0.380 e. The van der Waals surface area contributed by atoms with Crippen LogP contribution >= 0.6 is 0 Å². The summed E-state index contributed by atoms with van der Waals surface area (Å²) in [7, 11) is 0. The van der Waals surface area contributed by atoms with Crippen molar-refractivity contribution in [1.29, 1.82) is 0 Å². The lowest BCUT2D eigenvalue weighted by molar-refractivity contribution is 0.152. The molecule has 3 rings (SSSR count). The number of rotatable bonds is 1. The number of aryl methyl sites for hydroxylation is 1. The first kappa shape index (κ1) is 11.4. The summed E-state index contributed by atoms with van der Waals surface area (Å²) in [5, 5.41) is 1.10. The van der Waals surface area contributed by atoms with Gasteiger partial charge in [0.25, 0.3) is 0 Å². The van der Waals surface area contributed by atoms with E-state index in [0.29, 0.717) is 0 Å². The molecule has 1 saturated heterocycles. The van der Waals surface area contributed by atoms with Crippen LogP contribution in [0.4, 0.5) is 5.69 Å². The first-order valence-electron chi connectivity index (χ1n) is 6.39. The number of ether oxygens (including phenoxy) is 1. The van der Waals surface area contributed by atoms with Crippen LogP contribution < -0.4 is 4.90 Å². The van der Waals surface area contributed by atoms with Gasteiger partial charge in [-0.05, 0) is 31.5 Å². The smallest absolute Gasteiger partial charge is 0.125 e. The van der Waals surface area contributed by atoms with Crippen molar-refractivity contribution in [2.45, 2.75) is 13.3 Å². The summed E-state index contributed by atoms with van der Waals surface area (Å²) < 4.78 is 5.48. The summed E-state index contributed by atoms with van der Waals surface area (Å²) >= 11 is 0. The van der Waals surface area contributed by atoms with Crippen LogP contribution in [0.15, 0.2) is 24.4 Å². The van der Waals surface area contributed by atoms with E-state index in [-0.39, 0.29) is 0 Å². The first-order chi connectivity index (χ1) is 8.83. The molecule has 1 aromatic heterocycles. The molecular formula is C14H17N3O. The highest BCUT2D eigenvalue weighted by Crippen LogP contribution is 2.21. The van der Waals surface area contributed by atoms with E-state index in [1.165, 1.54) is 5.69 Å². The summed E-state index contributed by atoms with van der Waals surface area (Å²) in [6.45, 7) is 5.60. The van der Waals surface area contributed by atoms with Gasteiger partial charge in [0.2, 0.25) is 0 Å². The highest BCUT2D eigenvalue weighted by molar-refractivity contribution is 5.81. The average Bonchev–Trinajstić information content (AvgIpc) is 2.67. The molecule has 4 nitrogen and oxygen atoms in total. The van der Waals surface area contributed by atoms with Gasteiger partial charge >= 0.3 is 0 Å². The van der Waals surface area contributed by atoms with E-state index < -0.39 is 0 Å². The van der Waals surface area contributed by atoms with Crippen LogP contribution in [0.3, 0.4) is 0 Å². The van der Waals surface area contributed by atoms with Crippen molar-refractivity contribution in [2.75, 3.05) is 31.2 Å². The molecule has 0 saturated carbocycles. The van der Waals surface area contributed by atoms with Crippen LogP contribution in [0.5, 0.6) is 0 Å². The van der Waals surface area contributed by atoms with E-state index in [1.807, 2.05) is 13.1 Å². The quantitative estimate of drug-likeness (QED) is 0.769. The van der Waals surface area contributed by atoms with Gasteiger partial charge in [0.05, 0.1) is 12.1 Å². The van der Waals surface area contributed by atoms with E-state index in [4.69, 9.17) is 4.74 Å². The molecule has 0 amide bonds. The summed E-state index contributed by atoms with van der Waals surface area (Å²) in [5.74, 6) is 0.818. The molecule has 0 radical (unpaired) electrons. The molecule has 2 heterocycles. The van der Waals surface area contributed by atoms with Crippen molar-refractivity contribution in [3.63, 3.8) is 0 Å². The second-order valence-electron chi connectivity index (χ2n) is 4.61. The number of benzene rings is 1. The Balaban J connectivity index is 1.94. The number of fused-ring (bicyclic) bond motifs is 1. The summed E-state index contributed by atoms with van der Waals surface area (Å²) in [5.41, 5.74) is 2.25. The van der Waals surface area contributed by atoms with Crippen molar-refractivity contribution in [3.05, 3.63) is 30.2 Å². The Hall–Kier alpha value is -1.68. The van der Waals surface area contributed by atoms with Crippen LogP contribution in [0.25, 0.3) is 10.9 Å². The third-order valence-corrected chi connectivity index (χ3v) is 3.27. The van der Waals surface area contributed by atoms with Gasteiger partial charge in [0.1, 0.15) is 5.82 Å². The summed E-state index contributed by atoms with van der Waals surface area (Å²) in [4.78, 5) is 11.1. The molecule has 0 N–H and O–H groups in total. The number of hydrogen-bond donors (Lipinski definition) is 0. The van der Waals surface area contributed by atoms with Crippen molar-refractivity contribution in [2.24, 2.45) is 0 Å². The van der Waals surface area contributed by atoms with Gasteiger partial charge in [-0.3, -0.25) is 0 Å². The van der Waals surface area contributed by atoms with E-state index in [1.54, 1.807) is 0 Å². The molecule has 0 aliphatic carbocycles. The Labute approximate surface area is 107 Å². The fourth-order valence-electron chi connectivity index (χ4n) is 2.31. The van der Waals surface area contributed by atoms with E-state index in [0.717, 1.165) is 49.5 Å².